The summed E-state index contributed by atoms with van der Waals surface area (Å²) in [5.74, 6) is -1.23. The third-order valence-electron chi connectivity index (χ3n) is 5.02. The van der Waals surface area contributed by atoms with Gasteiger partial charge in [-0.3, -0.25) is 14.4 Å². The lowest BCUT2D eigenvalue weighted by molar-refractivity contribution is -0.128. The van der Waals surface area contributed by atoms with Crippen LogP contribution in [-0.2, 0) is 20.7 Å². The molecule has 9 heteroatoms. The molecule has 1 aliphatic rings. The van der Waals surface area contributed by atoms with Gasteiger partial charge in [-0.25, -0.2) is 4.79 Å². The predicted octanol–water partition coefficient (Wildman–Crippen LogP) is 2.17. The number of rotatable bonds is 8. The number of benzene rings is 1. The fourth-order valence-corrected chi connectivity index (χ4v) is 3.37. The molecule has 0 radical (unpaired) electrons. The van der Waals surface area contributed by atoms with Gasteiger partial charge >= 0.3 is 6.09 Å². The van der Waals surface area contributed by atoms with Gasteiger partial charge in [0.25, 0.3) is 0 Å². The number of ether oxygens (including phenoxy) is 1. The fourth-order valence-electron chi connectivity index (χ4n) is 3.37. The third-order valence-corrected chi connectivity index (χ3v) is 5.02. The van der Waals surface area contributed by atoms with Crippen molar-refractivity contribution < 1.29 is 23.9 Å². The first-order valence-electron chi connectivity index (χ1n) is 10.3. The smallest absolute Gasteiger partial charge is 0.408 e. The standard InChI is InChI=1S/C22H30N4O5/c1-5-11-31-22(30)26-19(12(2)3)21(29)24-13(4)20(28)25-16-10-9-15(23)18-14(16)7-6-8-17(18)27/h5,9-10,12-13,19H,1,6-8,11,23H2,2-4H3,(H,24,29)(H,25,28)(H,26,30)/t13-,19-/m0/s1. The molecule has 0 unspecified atom stereocenters. The number of carbonyl (C=O) groups excluding carboxylic acids is 4. The highest BCUT2D eigenvalue weighted by atomic mass is 16.5. The molecule has 0 fully saturated rings. The van der Waals surface area contributed by atoms with Crippen LogP contribution in [0.5, 0.6) is 0 Å². The number of hydrogen-bond acceptors (Lipinski definition) is 6. The number of ketones is 1. The second-order valence-corrected chi connectivity index (χ2v) is 7.81. The Morgan fingerprint density at radius 2 is 1.87 bits per heavy atom. The summed E-state index contributed by atoms with van der Waals surface area (Å²) in [6, 6.07) is 1.49. The van der Waals surface area contributed by atoms with Gasteiger partial charge in [-0.05, 0) is 43.4 Å². The fraction of sp³-hybridized carbons (Fsp3) is 0.455. The maximum atomic E-state index is 12.7. The van der Waals surface area contributed by atoms with E-state index in [0.717, 1.165) is 5.56 Å². The summed E-state index contributed by atoms with van der Waals surface area (Å²) in [5.41, 5.74) is 8.03. The molecule has 1 aliphatic carbocycles. The van der Waals surface area contributed by atoms with E-state index < -0.39 is 30.0 Å². The van der Waals surface area contributed by atoms with Crippen molar-refractivity contribution in [2.75, 3.05) is 17.7 Å². The van der Waals surface area contributed by atoms with Crippen LogP contribution in [0.3, 0.4) is 0 Å². The highest BCUT2D eigenvalue weighted by Crippen LogP contribution is 2.32. The van der Waals surface area contributed by atoms with E-state index >= 15 is 0 Å². The van der Waals surface area contributed by atoms with E-state index in [2.05, 4.69) is 22.5 Å². The van der Waals surface area contributed by atoms with Gasteiger partial charge in [0.05, 0.1) is 0 Å². The highest BCUT2D eigenvalue weighted by Gasteiger charge is 2.28. The SMILES string of the molecule is C=CCOC(=O)N[C@H](C(=O)N[C@@H](C)C(=O)Nc1ccc(N)c2c1CCCC2=O)C(C)C. The normalized spacial score (nSPS) is 14.8. The van der Waals surface area contributed by atoms with Crippen LogP contribution in [0, 0.1) is 5.92 Å². The van der Waals surface area contributed by atoms with Gasteiger partial charge in [-0.15, -0.1) is 0 Å². The zero-order chi connectivity index (χ0) is 23.1. The first-order chi connectivity index (χ1) is 14.6. The molecule has 3 amide bonds. The van der Waals surface area contributed by atoms with Crippen molar-refractivity contribution in [3.8, 4) is 0 Å². The number of Topliss-reactive ketones (excluding diaryl/α,β-unsaturated/α-hetero) is 1. The highest BCUT2D eigenvalue weighted by molar-refractivity contribution is 6.06. The van der Waals surface area contributed by atoms with Crippen LogP contribution in [-0.4, -0.2) is 42.4 Å². The Hall–Kier alpha value is -3.36. The molecule has 1 aromatic rings. The number of amides is 3. The molecule has 9 nitrogen and oxygen atoms in total. The number of nitrogens with two attached hydrogens (primary N) is 1. The van der Waals surface area contributed by atoms with Crippen molar-refractivity contribution in [3.05, 3.63) is 35.9 Å². The van der Waals surface area contributed by atoms with Crippen molar-refractivity contribution in [3.63, 3.8) is 0 Å². The lowest BCUT2D eigenvalue weighted by Crippen LogP contribution is -2.53. The molecule has 0 saturated heterocycles. The number of hydrogen-bond donors (Lipinski definition) is 4. The monoisotopic (exact) mass is 430 g/mol. The lowest BCUT2D eigenvalue weighted by atomic mass is 9.88. The van der Waals surface area contributed by atoms with E-state index in [1.54, 1.807) is 26.0 Å². The molecule has 1 aromatic carbocycles. The lowest BCUT2D eigenvalue weighted by Gasteiger charge is -2.24. The average molecular weight is 431 g/mol. The zero-order valence-corrected chi connectivity index (χ0v) is 18.1. The number of carbonyl (C=O) groups is 4. The maximum absolute atomic E-state index is 12.7. The first-order valence-corrected chi connectivity index (χ1v) is 10.3. The van der Waals surface area contributed by atoms with E-state index in [1.165, 1.54) is 13.0 Å². The third kappa shape index (κ3) is 6.07. The minimum atomic E-state index is -0.882. The van der Waals surface area contributed by atoms with Crippen LogP contribution >= 0.6 is 0 Å². The van der Waals surface area contributed by atoms with E-state index in [9.17, 15) is 19.2 Å². The largest absolute Gasteiger partial charge is 0.445 e. The van der Waals surface area contributed by atoms with E-state index in [1.807, 2.05) is 0 Å². The van der Waals surface area contributed by atoms with Gasteiger partial charge in [-0.2, -0.15) is 0 Å². The number of alkyl carbamates (subject to hydrolysis) is 1. The maximum Gasteiger partial charge on any atom is 0.408 e. The second-order valence-electron chi connectivity index (χ2n) is 7.81. The van der Waals surface area contributed by atoms with Crippen molar-refractivity contribution in [2.45, 2.75) is 52.1 Å². The summed E-state index contributed by atoms with van der Waals surface area (Å²) in [6.07, 6.45) is 2.42. The molecule has 0 spiro atoms. The quantitative estimate of drug-likeness (QED) is 0.368. The van der Waals surface area contributed by atoms with Crippen LogP contribution in [0.4, 0.5) is 16.2 Å². The Morgan fingerprint density at radius 3 is 2.52 bits per heavy atom. The first kappa shape index (κ1) is 23.9. The molecule has 0 bridgehead atoms. The summed E-state index contributed by atoms with van der Waals surface area (Å²) in [5, 5.41) is 7.88. The van der Waals surface area contributed by atoms with Gasteiger partial charge in [0.15, 0.2) is 5.78 Å². The number of nitrogens with one attached hydrogen (secondary N) is 3. The van der Waals surface area contributed by atoms with Gasteiger partial charge in [-0.1, -0.05) is 26.5 Å². The number of nitrogen functional groups attached to an aromatic ring is 1. The topological polar surface area (TPSA) is 140 Å². The van der Waals surface area contributed by atoms with Gasteiger partial charge < -0.3 is 26.4 Å². The molecule has 168 valence electrons. The van der Waals surface area contributed by atoms with E-state index in [4.69, 9.17) is 10.5 Å². The van der Waals surface area contributed by atoms with Crippen molar-refractivity contribution in [2.24, 2.45) is 5.92 Å². The number of anilines is 2. The second kappa shape index (κ2) is 10.6. The molecule has 0 aliphatic heterocycles. The van der Waals surface area contributed by atoms with Crippen molar-refractivity contribution >= 4 is 35.1 Å². The Morgan fingerprint density at radius 1 is 1.16 bits per heavy atom. The van der Waals surface area contributed by atoms with Crippen LogP contribution in [0.1, 0.15) is 49.5 Å². The molecule has 2 rings (SSSR count). The van der Waals surface area contributed by atoms with Crippen LogP contribution in [0.15, 0.2) is 24.8 Å². The molecular formula is C22H30N4O5. The van der Waals surface area contributed by atoms with Crippen molar-refractivity contribution in [1.82, 2.24) is 10.6 Å². The molecule has 0 saturated carbocycles. The van der Waals surface area contributed by atoms with E-state index in [0.29, 0.717) is 36.2 Å². The summed E-state index contributed by atoms with van der Waals surface area (Å²) in [7, 11) is 0. The van der Waals surface area contributed by atoms with Crippen LogP contribution in [0.2, 0.25) is 0 Å². The minimum absolute atomic E-state index is 0.0193. The Bertz CT molecular complexity index is 881. The molecule has 0 aromatic heterocycles. The van der Waals surface area contributed by atoms with Gasteiger partial charge in [0, 0.05) is 23.4 Å². The summed E-state index contributed by atoms with van der Waals surface area (Å²) < 4.78 is 4.86. The van der Waals surface area contributed by atoms with Crippen LogP contribution < -0.4 is 21.7 Å². The summed E-state index contributed by atoms with van der Waals surface area (Å²) in [6.45, 7) is 8.54. The molecular weight excluding hydrogens is 400 g/mol. The number of fused-ring (bicyclic) bond motifs is 1. The van der Waals surface area contributed by atoms with Gasteiger partial charge in [0.2, 0.25) is 11.8 Å². The Labute approximate surface area is 181 Å². The van der Waals surface area contributed by atoms with Crippen LogP contribution in [0.25, 0.3) is 0 Å². The predicted molar refractivity (Wildman–Crippen MR) is 118 cm³/mol. The van der Waals surface area contributed by atoms with Crippen molar-refractivity contribution in [1.29, 1.82) is 0 Å². The average Bonchev–Trinajstić information content (AvgIpc) is 2.72. The summed E-state index contributed by atoms with van der Waals surface area (Å²) >= 11 is 0. The molecule has 31 heavy (non-hydrogen) atoms. The molecule has 0 heterocycles. The Balaban J connectivity index is 2.06. The van der Waals surface area contributed by atoms with Gasteiger partial charge in [0.1, 0.15) is 18.7 Å². The Kier molecular flexibility index (Phi) is 8.18. The molecule has 2 atom stereocenters. The summed E-state index contributed by atoms with van der Waals surface area (Å²) in [4.78, 5) is 49.3. The molecule has 5 N–H and O–H groups in total. The van der Waals surface area contributed by atoms with E-state index in [-0.39, 0.29) is 18.3 Å². The minimum Gasteiger partial charge on any atom is -0.445 e. The zero-order valence-electron chi connectivity index (χ0n) is 18.1.